The van der Waals surface area contributed by atoms with Crippen LogP contribution in [0.2, 0.25) is 0 Å². The van der Waals surface area contributed by atoms with Crippen molar-refractivity contribution < 1.29 is 19.1 Å². The summed E-state index contributed by atoms with van der Waals surface area (Å²) >= 11 is 1.20. The van der Waals surface area contributed by atoms with E-state index in [9.17, 15) is 20.1 Å². The van der Waals surface area contributed by atoms with Crippen LogP contribution in [-0.2, 0) is 23.8 Å². The molecule has 1 aliphatic heterocycles. The maximum absolute atomic E-state index is 13.3. The summed E-state index contributed by atoms with van der Waals surface area (Å²) in [6.07, 6.45) is 0. The summed E-state index contributed by atoms with van der Waals surface area (Å²) < 4.78 is 8.60. The molecule has 3 rings (SSSR count). The van der Waals surface area contributed by atoms with Crippen molar-refractivity contribution in [3.05, 3.63) is 71.8 Å². The summed E-state index contributed by atoms with van der Waals surface area (Å²) in [6, 6.07) is 21.9. The van der Waals surface area contributed by atoms with Crippen LogP contribution in [0.3, 0.4) is 0 Å². The summed E-state index contributed by atoms with van der Waals surface area (Å²) in [6.45, 7) is 0. The number of rotatable bonds is 4. The molecule has 7 heteroatoms. The lowest BCUT2D eigenvalue weighted by atomic mass is 9.55. The molecule has 6 nitrogen and oxygen atoms in total. The Morgan fingerprint density at radius 3 is 1.72 bits per heavy atom. The quantitative estimate of drug-likeness (QED) is 0.719. The molecule has 2 aromatic carbocycles. The van der Waals surface area contributed by atoms with Gasteiger partial charge in [-0.05, 0) is 11.1 Å². The van der Waals surface area contributed by atoms with E-state index >= 15 is 0 Å². The second-order valence-electron chi connectivity index (χ2n) is 6.56. The molecular formula is C22H18N2O4S. The van der Waals surface area contributed by atoms with E-state index in [1.54, 1.807) is 48.5 Å². The molecule has 1 saturated heterocycles. The topological polar surface area (TPSA) is 100 Å². The highest BCUT2D eigenvalue weighted by Gasteiger charge is 2.79. The largest absolute Gasteiger partial charge is 0.468 e. The van der Waals surface area contributed by atoms with Gasteiger partial charge in [0.1, 0.15) is 0 Å². The molecule has 0 bridgehead atoms. The number of hydrogen-bond acceptors (Lipinski definition) is 7. The number of thioether (sulfide) groups is 1. The van der Waals surface area contributed by atoms with Gasteiger partial charge in [-0.15, -0.1) is 11.8 Å². The van der Waals surface area contributed by atoms with Gasteiger partial charge in [0.25, 0.3) is 0 Å². The van der Waals surface area contributed by atoms with Gasteiger partial charge >= 0.3 is 11.9 Å². The van der Waals surface area contributed by atoms with Crippen molar-refractivity contribution in [1.82, 2.24) is 0 Å². The van der Waals surface area contributed by atoms with E-state index in [0.717, 1.165) is 14.2 Å². The van der Waals surface area contributed by atoms with Crippen LogP contribution >= 0.6 is 11.8 Å². The van der Waals surface area contributed by atoms with Gasteiger partial charge in [0.15, 0.2) is 5.41 Å². The van der Waals surface area contributed by atoms with Gasteiger partial charge in [0.2, 0.25) is 5.41 Å². The van der Waals surface area contributed by atoms with Crippen LogP contribution in [0.4, 0.5) is 0 Å². The number of nitrogens with zero attached hydrogens (tertiary/aromatic N) is 2. The van der Waals surface area contributed by atoms with Gasteiger partial charge in [-0.2, -0.15) is 10.5 Å². The minimum atomic E-state index is -2.18. The third kappa shape index (κ3) is 2.48. The van der Waals surface area contributed by atoms with Gasteiger partial charge in [-0.3, -0.25) is 9.59 Å². The predicted molar refractivity (Wildman–Crippen MR) is 106 cm³/mol. The molecule has 146 valence electrons. The van der Waals surface area contributed by atoms with Crippen LogP contribution in [0.25, 0.3) is 0 Å². The van der Waals surface area contributed by atoms with E-state index < -0.39 is 27.5 Å². The molecule has 2 atom stereocenters. The standard InChI is InChI=1S/C22H18N2O4S/c1-27-18(25)20(13-23)15-29-22(16-9-5-3-6-10-16,17-11-7-4-8-12-17)21(20,14-24)19(26)28-2/h3-12H,15H2,1-2H3/t20-,21-/m1/s1. The Hall–Kier alpha value is -3.29. The first-order valence-electron chi connectivity index (χ1n) is 8.75. The Labute approximate surface area is 173 Å². The van der Waals surface area contributed by atoms with Crippen LogP contribution in [0.15, 0.2) is 60.7 Å². The molecule has 1 heterocycles. The lowest BCUT2D eigenvalue weighted by Crippen LogP contribution is -2.58. The zero-order valence-corrected chi connectivity index (χ0v) is 16.7. The fourth-order valence-electron chi connectivity index (χ4n) is 4.08. The molecule has 0 radical (unpaired) electrons. The number of nitriles is 2. The number of benzene rings is 2. The van der Waals surface area contributed by atoms with Crippen molar-refractivity contribution in [2.24, 2.45) is 10.8 Å². The molecule has 0 aromatic heterocycles. The maximum atomic E-state index is 13.3. The fraction of sp³-hybridized carbons (Fsp3) is 0.273. The van der Waals surface area contributed by atoms with Crippen molar-refractivity contribution >= 4 is 23.7 Å². The lowest BCUT2D eigenvalue weighted by Gasteiger charge is -2.43. The van der Waals surface area contributed by atoms with Crippen molar-refractivity contribution in [3.63, 3.8) is 0 Å². The average molecular weight is 406 g/mol. The number of carbonyl (C=O) groups is 2. The second kappa shape index (κ2) is 7.62. The number of esters is 2. The average Bonchev–Trinajstić information content (AvgIpc) is 3.12. The second-order valence-corrected chi connectivity index (χ2v) is 7.75. The zero-order chi connectivity index (χ0) is 21.1. The minimum Gasteiger partial charge on any atom is -0.468 e. The van der Waals surface area contributed by atoms with Gasteiger partial charge in [0, 0.05) is 5.75 Å². The Kier molecular flexibility index (Phi) is 5.37. The molecule has 29 heavy (non-hydrogen) atoms. The summed E-state index contributed by atoms with van der Waals surface area (Å²) in [7, 11) is 2.28. The highest BCUT2D eigenvalue weighted by Crippen LogP contribution is 2.69. The van der Waals surface area contributed by atoms with Crippen molar-refractivity contribution in [2.45, 2.75) is 4.75 Å². The summed E-state index contributed by atoms with van der Waals surface area (Å²) in [5.74, 6) is -2.00. The predicted octanol–water partition coefficient (Wildman–Crippen LogP) is 3.04. The van der Waals surface area contributed by atoms with Crippen LogP contribution < -0.4 is 0 Å². The minimum absolute atomic E-state index is 0.109. The van der Waals surface area contributed by atoms with Crippen LogP contribution in [0, 0.1) is 33.5 Å². The molecule has 0 aliphatic carbocycles. The Morgan fingerprint density at radius 2 is 1.34 bits per heavy atom. The van der Waals surface area contributed by atoms with Crippen LogP contribution in [0.5, 0.6) is 0 Å². The van der Waals surface area contributed by atoms with Crippen molar-refractivity contribution in [2.75, 3.05) is 20.0 Å². The molecule has 0 N–H and O–H groups in total. The highest BCUT2D eigenvalue weighted by molar-refractivity contribution is 8.00. The first kappa shape index (κ1) is 20.4. The molecule has 1 fully saturated rings. The van der Waals surface area contributed by atoms with E-state index in [1.807, 2.05) is 18.2 Å². The molecule has 0 amide bonds. The van der Waals surface area contributed by atoms with E-state index in [4.69, 9.17) is 9.47 Å². The summed E-state index contributed by atoms with van der Waals surface area (Å²) in [5.41, 5.74) is -3.00. The number of methoxy groups -OCH3 is 2. The Bertz CT molecular complexity index is 973. The fourth-order valence-corrected chi connectivity index (χ4v) is 6.04. The van der Waals surface area contributed by atoms with Gasteiger partial charge in [0.05, 0.1) is 31.1 Å². The van der Waals surface area contributed by atoms with E-state index in [2.05, 4.69) is 6.07 Å². The maximum Gasteiger partial charge on any atom is 0.330 e. The van der Waals surface area contributed by atoms with Crippen LogP contribution in [0.1, 0.15) is 11.1 Å². The van der Waals surface area contributed by atoms with E-state index in [1.165, 1.54) is 11.8 Å². The number of hydrogen-bond donors (Lipinski definition) is 0. The molecule has 0 saturated carbocycles. The molecule has 1 aliphatic rings. The summed E-state index contributed by atoms with van der Waals surface area (Å²) in [4.78, 5) is 26.2. The third-order valence-electron chi connectivity index (χ3n) is 5.42. The number of ether oxygens (including phenoxy) is 2. The van der Waals surface area contributed by atoms with Crippen molar-refractivity contribution in [3.8, 4) is 12.1 Å². The normalized spacial score (nSPS) is 24.7. The Morgan fingerprint density at radius 1 is 0.862 bits per heavy atom. The zero-order valence-electron chi connectivity index (χ0n) is 15.9. The number of carbonyl (C=O) groups excluding carboxylic acids is 2. The monoisotopic (exact) mass is 406 g/mol. The first-order valence-corrected chi connectivity index (χ1v) is 9.73. The first-order chi connectivity index (χ1) is 14.0. The van der Waals surface area contributed by atoms with Gasteiger partial charge < -0.3 is 9.47 Å². The molecule has 0 spiro atoms. The van der Waals surface area contributed by atoms with E-state index in [0.29, 0.717) is 11.1 Å². The SMILES string of the molecule is COC(=O)[C@@]1(C#N)C(c2ccccc2)(c2ccccc2)SC[C@]1(C#N)C(=O)OC. The van der Waals surface area contributed by atoms with Crippen molar-refractivity contribution in [1.29, 1.82) is 10.5 Å². The summed E-state index contributed by atoms with van der Waals surface area (Å²) in [5, 5.41) is 20.6. The third-order valence-corrected chi connectivity index (χ3v) is 7.21. The molecular weight excluding hydrogens is 388 g/mol. The van der Waals surface area contributed by atoms with Crippen LogP contribution in [-0.4, -0.2) is 31.9 Å². The highest BCUT2D eigenvalue weighted by atomic mass is 32.2. The molecule has 2 aromatic rings. The van der Waals surface area contributed by atoms with Gasteiger partial charge in [-0.25, -0.2) is 0 Å². The smallest absolute Gasteiger partial charge is 0.330 e. The molecule has 0 unspecified atom stereocenters. The Balaban J connectivity index is 2.52. The lowest BCUT2D eigenvalue weighted by molar-refractivity contribution is -0.167. The van der Waals surface area contributed by atoms with Gasteiger partial charge in [-0.1, -0.05) is 60.7 Å². The van der Waals surface area contributed by atoms with E-state index in [-0.39, 0.29) is 5.75 Å².